The number of rotatable bonds is 2. The first kappa shape index (κ1) is 25.0. The van der Waals surface area contributed by atoms with Gasteiger partial charge in [-0.15, -0.1) is 0 Å². The molecule has 0 spiro atoms. The Morgan fingerprint density at radius 2 is 1.76 bits per heavy atom. The van der Waals surface area contributed by atoms with Gasteiger partial charge in [0.25, 0.3) is 0 Å². The Bertz CT molecular complexity index is 883. The van der Waals surface area contributed by atoms with Crippen molar-refractivity contribution >= 4 is 5.78 Å². The lowest BCUT2D eigenvalue weighted by Gasteiger charge is -2.63. The zero-order valence-corrected chi connectivity index (χ0v) is 22.6. The third kappa shape index (κ3) is 3.23. The van der Waals surface area contributed by atoms with Gasteiger partial charge < -0.3 is 14.9 Å². The number of ether oxygens (including phenoxy) is 1. The van der Waals surface area contributed by atoms with Crippen LogP contribution in [0.5, 0.6) is 0 Å². The predicted octanol–water partition coefficient (Wildman–Crippen LogP) is 5.70. The van der Waals surface area contributed by atoms with Crippen LogP contribution in [0.15, 0.2) is 11.6 Å². The highest BCUT2D eigenvalue weighted by molar-refractivity contribution is 5.85. The van der Waals surface area contributed by atoms with E-state index in [1.54, 1.807) is 19.4 Å². The van der Waals surface area contributed by atoms with Crippen molar-refractivity contribution < 1.29 is 19.7 Å². The molecule has 1 heterocycles. The molecule has 9 unspecified atom stereocenters. The van der Waals surface area contributed by atoms with Gasteiger partial charge in [-0.3, -0.25) is 4.79 Å². The number of fused-ring (bicyclic) bond motifs is 5. The predicted molar refractivity (Wildman–Crippen MR) is 134 cm³/mol. The molecule has 0 aromatic heterocycles. The van der Waals surface area contributed by atoms with Crippen LogP contribution in [0.4, 0.5) is 0 Å². The van der Waals surface area contributed by atoms with E-state index in [1.807, 2.05) is 0 Å². The SMILES string of the molecule is CC(C)(O)C1OCC(C2CCC3(C)C4=CCC5C(C)(C)C(=O)CCC5(C)C4CCC23C)CC1O. The molecule has 0 radical (unpaired) electrons. The van der Waals surface area contributed by atoms with Crippen molar-refractivity contribution in [3.8, 4) is 0 Å². The van der Waals surface area contributed by atoms with Gasteiger partial charge in [-0.25, -0.2) is 0 Å². The Morgan fingerprint density at radius 1 is 1.06 bits per heavy atom. The first-order valence-electron chi connectivity index (χ1n) is 13.9. The van der Waals surface area contributed by atoms with Gasteiger partial charge in [-0.05, 0) is 98.7 Å². The summed E-state index contributed by atoms with van der Waals surface area (Å²) in [7, 11) is 0. The van der Waals surface area contributed by atoms with Crippen molar-refractivity contribution in [3.63, 3.8) is 0 Å². The van der Waals surface area contributed by atoms with E-state index in [2.05, 4.69) is 40.7 Å². The Balaban J connectivity index is 1.43. The molecule has 34 heavy (non-hydrogen) atoms. The van der Waals surface area contributed by atoms with Crippen LogP contribution in [0.25, 0.3) is 0 Å². The number of Topliss-reactive ketones (excluding diaryl/α,β-unsaturated/α-hetero) is 1. The molecule has 192 valence electrons. The molecule has 0 aromatic rings. The first-order chi connectivity index (χ1) is 15.7. The molecule has 1 saturated heterocycles. The minimum atomic E-state index is -1.02. The van der Waals surface area contributed by atoms with Crippen molar-refractivity contribution in [2.24, 2.45) is 45.3 Å². The molecule has 1 aliphatic heterocycles. The third-order valence-electron chi connectivity index (χ3n) is 12.3. The Kier molecular flexibility index (Phi) is 5.62. The summed E-state index contributed by atoms with van der Waals surface area (Å²) in [6.45, 7) is 16.1. The van der Waals surface area contributed by atoms with Crippen LogP contribution in [0.3, 0.4) is 0 Å². The number of allylic oxidation sites excluding steroid dienone is 2. The van der Waals surface area contributed by atoms with Crippen LogP contribution in [-0.2, 0) is 9.53 Å². The Morgan fingerprint density at radius 3 is 2.41 bits per heavy atom. The van der Waals surface area contributed by atoms with E-state index in [-0.39, 0.29) is 21.7 Å². The topological polar surface area (TPSA) is 66.8 Å². The summed E-state index contributed by atoms with van der Waals surface area (Å²) in [6.07, 6.45) is 9.84. The molecule has 4 heteroatoms. The van der Waals surface area contributed by atoms with Gasteiger partial charge >= 0.3 is 0 Å². The van der Waals surface area contributed by atoms with Crippen LogP contribution in [0.2, 0.25) is 0 Å². The van der Waals surface area contributed by atoms with Crippen molar-refractivity contribution in [2.45, 2.75) is 118 Å². The highest BCUT2D eigenvalue weighted by Gasteiger charge is 2.66. The highest BCUT2D eigenvalue weighted by atomic mass is 16.5. The smallest absolute Gasteiger partial charge is 0.138 e. The quantitative estimate of drug-likeness (QED) is 0.506. The van der Waals surface area contributed by atoms with E-state index in [4.69, 9.17) is 4.74 Å². The molecule has 0 amide bonds. The van der Waals surface area contributed by atoms with E-state index in [9.17, 15) is 15.0 Å². The minimum Gasteiger partial charge on any atom is -0.390 e. The average molecular weight is 473 g/mol. The van der Waals surface area contributed by atoms with Crippen molar-refractivity contribution in [1.29, 1.82) is 0 Å². The summed E-state index contributed by atoms with van der Waals surface area (Å²) in [6, 6.07) is 0. The van der Waals surface area contributed by atoms with Crippen LogP contribution in [0.1, 0.15) is 99.8 Å². The van der Waals surface area contributed by atoms with Crippen LogP contribution < -0.4 is 0 Å². The zero-order chi connectivity index (χ0) is 24.9. The zero-order valence-electron chi connectivity index (χ0n) is 22.6. The fourth-order valence-electron chi connectivity index (χ4n) is 10.1. The van der Waals surface area contributed by atoms with Crippen molar-refractivity contribution in [1.82, 2.24) is 0 Å². The van der Waals surface area contributed by atoms with Gasteiger partial charge in [0, 0.05) is 11.8 Å². The molecule has 9 atom stereocenters. The largest absolute Gasteiger partial charge is 0.390 e. The van der Waals surface area contributed by atoms with Crippen LogP contribution in [0, 0.1) is 45.3 Å². The lowest BCUT2D eigenvalue weighted by atomic mass is 9.41. The van der Waals surface area contributed by atoms with E-state index in [0.29, 0.717) is 36.1 Å². The average Bonchev–Trinajstić information content (AvgIpc) is 3.02. The molecule has 0 bridgehead atoms. The summed E-state index contributed by atoms with van der Waals surface area (Å²) in [4.78, 5) is 12.8. The van der Waals surface area contributed by atoms with Crippen molar-refractivity contribution in [3.05, 3.63) is 11.6 Å². The van der Waals surface area contributed by atoms with Crippen molar-refractivity contribution in [2.75, 3.05) is 6.61 Å². The Hall–Kier alpha value is -0.710. The molecule has 0 aromatic carbocycles. The van der Waals surface area contributed by atoms with Gasteiger partial charge in [-0.2, -0.15) is 0 Å². The van der Waals surface area contributed by atoms with Gasteiger partial charge in [0.05, 0.1) is 18.3 Å². The maximum Gasteiger partial charge on any atom is 0.138 e. The molecule has 4 nitrogen and oxygen atoms in total. The first-order valence-corrected chi connectivity index (χ1v) is 13.9. The summed E-state index contributed by atoms with van der Waals surface area (Å²) < 4.78 is 6.12. The van der Waals surface area contributed by atoms with Gasteiger partial charge in [0.15, 0.2) is 0 Å². The fraction of sp³-hybridized carbons (Fsp3) is 0.900. The van der Waals surface area contributed by atoms with Gasteiger partial charge in [-0.1, -0.05) is 46.3 Å². The molecular weight excluding hydrogens is 424 g/mol. The Labute approximate surface area is 206 Å². The number of hydrogen-bond acceptors (Lipinski definition) is 4. The molecule has 3 saturated carbocycles. The normalized spacial score (nSPS) is 50.7. The van der Waals surface area contributed by atoms with E-state index in [0.717, 1.165) is 25.7 Å². The highest BCUT2D eigenvalue weighted by Crippen LogP contribution is 2.73. The fourth-order valence-corrected chi connectivity index (χ4v) is 10.1. The summed E-state index contributed by atoms with van der Waals surface area (Å²) in [5, 5.41) is 21.3. The maximum absolute atomic E-state index is 12.8. The van der Waals surface area contributed by atoms with Crippen LogP contribution in [-0.4, -0.2) is 40.4 Å². The second-order valence-electron chi connectivity index (χ2n) is 14.6. The molecule has 2 N–H and O–H groups in total. The second kappa shape index (κ2) is 7.65. The van der Waals surface area contributed by atoms with E-state index < -0.39 is 17.8 Å². The third-order valence-corrected chi connectivity index (χ3v) is 12.3. The summed E-state index contributed by atoms with van der Waals surface area (Å²) in [5.74, 6) is 2.37. The number of carbonyl (C=O) groups excluding carboxylic acids is 1. The molecule has 4 fully saturated rings. The van der Waals surface area contributed by atoms with Gasteiger partial charge in [0.2, 0.25) is 0 Å². The van der Waals surface area contributed by atoms with E-state index >= 15 is 0 Å². The number of aliphatic hydroxyl groups is 2. The monoisotopic (exact) mass is 472 g/mol. The lowest BCUT2D eigenvalue weighted by Crippen LogP contribution is -2.58. The molecule has 4 aliphatic carbocycles. The number of carbonyl (C=O) groups is 1. The number of hydrogen-bond donors (Lipinski definition) is 2. The second-order valence-corrected chi connectivity index (χ2v) is 14.6. The minimum absolute atomic E-state index is 0.179. The molecular formula is C30H48O4. The van der Waals surface area contributed by atoms with Crippen LogP contribution >= 0.6 is 0 Å². The summed E-state index contributed by atoms with van der Waals surface area (Å²) >= 11 is 0. The van der Waals surface area contributed by atoms with E-state index in [1.165, 1.54) is 25.7 Å². The summed E-state index contributed by atoms with van der Waals surface area (Å²) in [5.41, 5.74) is 1.05. The maximum atomic E-state index is 12.8. The lowest BCUT2D eigenvalue weighted by molar-refractivity contribution is -0.187. The molecule has 5 rings (SSSR count). The van der Waals surface area contributed by atoms with Gasteiger partial charge in [0.1, 0.15) is 11.9 Å². The number of aliphatic hydroxyl groups excluding tert-OH is 1. The molecule has 5 aliphatic rings. The number of ketones is 1. The standard InChI is InChI=1S/C30H48O4/c1-26(2)23-9-8-21-20(28(23,5)13-12-24(26)32)11-15-29(6)19(10-14-30(21,29)7)18-16-22(31)25(34-17-18)27(3,4)33/h8,18-20,22-23,25,31,33H,9-17H2,1-7H3.